The van der Waals surface area contributed by atoms with Crippen LogP contribution < -0.4 is 5.32 Å². The van der Waals surface area contributed by atoms with Gasteiger partial charge >= 0.3 is 12.1 Å². The summed E-state index contributed by atoms with van der Waals surface area (Å²) in [6.07, 6.45) is 2.37. The van der Waals surface area contributed by atoms with E-state index in [0.717, 1.165) is 35.1 Å². The van der Waals surface area contributed by atoms with E-state index in [1.165, 1.54) is 4.90 Å². The molecule has 32 heavy (non-hydrogen) atoms. The number of carbonyl (C=O) groups excluding carboxylic acids is 2. The molecule has 0 radical (unpaired) electrons. The molecule has 7 nitrogen and oxygen atoms in total. The minimum Gasteiger partial charge on any atom is -0.480 e. The van der Waals surface area contributed by atoms with Gasteiger partial charge in [0.25, 0.3) is 0 Å². The summed E-state index contributed by atoms with van der Waals surface area (Å²) in [5, 5.41) is 12.2. The van der Waals surface area contributed by atoms with E-state index in [1.807, 2.05) is 24.3 Å². The Kier molecular flexibility index (Phi) is 5.12. The summed E-state index contributed by atoms with van der Waals surface area (Å²) >= 11 is 0. The number of piperidine rings is 1. The summed E-state index contributed by atoms with van der Waals surface area (Å²) in [4.78, 5) is 38.8. The van der Waals surface area contributed by atoms with Gasteiger partial charge in [-0.25, -0.2) is 9.59 Å². The van der Waals surface area contributed by atoms with E-state index < -0.39 is 23.6 Å². The molecule has 1 unspecified atom stereocenters. The lowest BCUT2D eigenvalue weighted by molar-refractivity contribution is -0.153. The second-order valence-electron chi connectivity index (χ2n) is 8.88. The highest BCUT2D eigenvalue weighted by molar-refractivity contribution is 5.95. The Bertz CT molecular complexity index is 1030. The van der Waals surface area contributed by atoms with Crippen molar-refractivity contribution in [3.63, 3.8) is 0 Å². The number of rotatable bonds is 5. The van der Waals surface area contributed by atoms with E-state index >= 15 is 0 Å². The third-order valence-corrected chi connectivity index (χ3v) is 6.89. The molecule has 2 aromatic rings. The molecule has 2 N–H and O–H groups in total. The van der Waals surface area contributed by atoms with Crippen molar-refractivity contribution in [2.24, 2.45) is 0 Å². The van der Waals surface area contributed by atoms with Crippen molar-refractivity contribution in [2.75, 3.05) is 13.2 Å². The molecule has 1 saturated heterocycles. The van der Waals surface area contributed by atoms with Gasteiger partial charge in [0.15, 0.2) is 0 Å². The molecule has 7 heteroatoms. The van der Waals surface area contributed by atoms with Gasteiger partial charge in [-0.3, -0.25) is 4.79 Å². The van der Waals surface area contributed by atoms with Gasteiger partial charge in [0.2, 0.25) is 5.91 Å². The number of carboxylic acids is 1. The van der Waals surface area contributed by atoms with Gasteiger partial charge in [-0.15, -0.1) is 0 Å². The Morgan fingerprint density at radius 1 is 1.00 bits per heavy atom. The van der Waals surface area contributed by atoms with Crippen molar-refractivity contribution in [2.45, 2.75) is 49.6 Å². The molecule has 5 rings (SSSR count). The van der Waals surface area contributed by atoms with E-state index in [9.17, 15) is 19.5 Å². The topological polar surface area (TPSA) is 95.9 Å². The number of carboxylic acid groups (broad SMARTS) is 1. The molecule has 1 heterocycles. The highest BCUT2D eigenvalue weighted by Crippen LogP contribution is 2.44. The third kappa shape index (κ3) is 3.51. The summed E-state index contributed by atoms with van der Waals surface area (Å²) in [7, 11) is 0. The van der Waals surface area contributed by atoms with Gasteiger partial charge in [0.1, 0.15) is 18.2 Å². The van der Waals surface area contributed by atoms with E-state index in [2.05, 4.69) is 29.6 Å². The molecular weight excluding hydrogens is 408 g/mol. The van der Waals surface area contributed by atoms with Gasteiger partial charge in [-0.2, -0.15) is 0 Å². The number of benzene rings is 2. The summed E-state index contributed by atoms with van der Waals surface area (Å²) in [5.74, 6) is -1.36. The fraction of sp³-hybridized carbons (Fsp3) is 0.400. The summed E-state index contributed by atoms with van der Waals surface area (Å²) < 4.78 is 5.59. The molecule has 1 aliphatic heterocycles. The molecular formula is C25H26N2O5. The predicted octanol–water partition coefficient (Wildman–Crippen LogP) is 3.52. The summed E-state index contributed by atoms with van der Waals surface area (Å²) in [6, 6.07) is 15.4. The second-order valence-corrected chi connectivity index (χ2v) is 8.88. The van der Waals surface area contributed by atoms with Crippen molar-refractivity contribution in [3.8, 4) is 11.1 Å². The zero-order valence-corrected chi connectivity index (χ0v) is 17.8. The molecule has 2 amide bonds. The largest absolute Gasteiger partial charge is 0.480 e. The number of aliphatic carboxylic acids is 1. The van der Waals surface area contributed by atoms with E-state index in [1.54, 1.807) is 0 Å². The molecule has 1 atom stereocenters. The SMILES string of the molecule is O=C(NC1(C(=O)N2CCCCC2C(=O)O)CC1)OCC1c2ccccc2-c2ccccc21. The Labute approximate surface area is 186 Å². The number of ether oxygens (including phenoxy) is 1. The number of fused-ring (bicyclic) bond motifs is 3. The van der Waals surface area contributed by atoms with Gasteiger partial charge in [-0.05, 0) is 54.4 Å². The Morgan fingerprint density at radius 2 is 1.62 bits per heavy atom. The van der Waals surface area contributed by atoms with Gasteiger partial charge in [0.05, 0.1) is 0 Å². The number of alkyl carbamates (subject to hydrolysis) is 1. The quantitative estimate of drug-likeness (QED) is 0.751. The molecule has 2 fully saturated rings. The normalized spacial score (nSPS) is 20.8. The van der Waals surface area contributed by atoms with Gasteiger partial charge in [0, 0.05) is 12.5 Å². The molecule has 0 spiro atoms. The maximum atomic E-state index is 13.1. The first-order chi connectivity index (χ1) is 15.5. The highest BCUT2D eigenvalue weighted by Gasteiger charge is 2.55. The summed E-state index contributed by atoms with van der Waals surface area (Å²) in [6.45, 7) is 0.579. The number of nitrogens with one attached hydrogen (secondary N) is 1. The van der Waals surface area contributed by atoms with Crippen molar-refractivity contribution in [3.05, 3.63) is 59.7 Å². The molecule has 0 aromatic heterocycles. The minimum atomic E-state index is -1.03. The van der Waals surface area contributed by atoms with Crippen LogP contribution in [0.25, 0.3) is 11.1 Å². The van der Waals surface area contributed by atoms with Crippen LogP contribution in [0.5, 0.6) is 0 Å². The first-order valence-electron chi connectivity index (χ1n) is 11.2. The van der Waals surface area contributed by atoms with Crippen molar-refractivity contribution in [1.82, 2.24) is 10.2 Å². The molecule has 166 valence electrons. The number of carbonyl (C=O) groups is 3. The molecule has 0 bridgehead atoms. The molecule has 2 aliphatic carbocycles. The Morgan fingerprint density at radius 3 is 2.22 bits per heavy atom. The Balaban J connectivity index is 1.26. The highest BCUT2D eigenvalue weighted by atomic mass is 16.5. The monoisotopic (exact) mass is 434 g/mol. The Hall–Kier alpha value is -3.35. The van der Waals surface area contributed by atoms with Crippen LogP contribution in [0.15, 0.2) is 48.5 Å². The van der Waals surface area contributed by atoms with Crippen LogP contribution in [0.2, 0.25) is 0 Å². The predicted molar refractivity (Wildman–Crippen MR) is 117 cm³/mol. The van der Waals surface area contributed by atoms with Crippen LogP contribution in [0.3, 0.4) is 0 Å². The van der Waals surface area contributed by atoms with Crippen LogP contribution >= 0.6 is 0 Å². The van der Waals surface area contributed by atoms with Gasteiger partial charge < -0.3 is 20.1 Å². The average Bonchev–Trinajstić information content (AvgIpc) is 3.52. The zero-order chi connectivity index (χ0) is 22.3. The maximum absolute atomic E-state index is 13.1. The van der Waals surface area contributed by atoms with Crippen LogP contribution in [0.4, 0.5) is 4.79 Å². The second kappa shape index (κ2) is 7.97. The smallest absolute Gasteiger partial charge is 0.408 e. The first kappa shape index (κ1) is 20.5. The van der Waals surface area contributed by atoms with Crippen LogP contribution in [0.1, 0.15) is 49.1 Å². The van der Waals surface area contributed by atoms with Crippen LogP contribution in [0, 0.1) is 0 Å². The number of nitrogens with zero attached hydrogens (tertiary/aromatic N) is 1. The lowest BCUT2D eigenvalue weighted by Crippen LogP contribution is -2.57. The summed E-state index contributed by atoms with van der Waals surface area (Å²) in [5.41, 5.74) is 3.51. The molecule has 1 saturated carbocycles. The number of hydrogen-bond donors (Lipinski definition) is 2. The maximum Gasteiger partial charge on any atom is 0.408 e. The standard InChI is InChI=1S/C25H26N2O5/c28-22(29)21-11-5-6-14-27(21)23(30)25(12-13-25)26-24(31)32-15-20-18-9-3-1-7-16(18)17-8-2-4-10-19(17)20/h1-4,7-10,20-21H,5-6,11-15H2,(H,26,31)(H,28,29). The fourth-order valence-corrected chi connectivity index (χ4v) is 5.05. The van der Waals surface area contributed by atoms with E-state index in [-0.39, 0.29) is 18.4 Å². The van der Waals surface area contributed by atoms with Crippen molar-refractivity contribution in [1.29, 1.82) is 0 Å². The minimum absolute atomic E-state index is 0.0579. The van der Waals surface area contributed by atoms with Crippen molar-refractivity contribution >= 4 is 18.0 Å². The van der Waals surface area contributed by atoms with Crippen molar-refractivity contribution < 1.29 is 24.2 Å². The molecule has 3 aliphatic rings. The number of hydrogen-bond acceptors (Lipinski definition) is 4. The third-order valence-electron chi connectivity index (χ3n) is 6.89. The van der Waals surface area contributed by atoms with Gasteiger partial charge in [-0.1, -0.05) is 48.5 Å². The lowest BCUT2D eigenvalue weighted by Gasteiger charge is -2.35. The lowest BCUT2D eigenvalue weighted by atomic mass is 9.98. The zero-order valence-electron chi connectivity index (χ0n) is 17.8. The fourth-order valence-electron chi connectivity index (χ4n) is 5.05. The number of amides is 2. The van der Waals surface area contributed by atoms with E-state index in [4.69, 9.17) is 4.74 Å². The molecule has 2 aromatic carbocycles. The number of likely N-dealkylation sites (tertiary alicyclic amines) is 1. The van der Waals surface area contributed by atoms with Crippen LogP contribution in [-0.2, 0) is 14.3 Å². The van der Waals surface area contributed by atoms with E-state index in [0.29, 0.717) is 25.8 Å². The first-order valence-corrected chi connectivity index (χ1v) is 11.2. The average molecular weight is 434 g/mol. The van der Waals surface area contributed by atoms with Crippen LogP contribution in [-0.4, -0.2) is 52.7 Å².